The van der Waals surface area contributed by atoms with Crippen LogP contribution in [-0.4, -0.2) is 36.5 Å². The van der Waals surface area contributed by atoms with Crippen LogP contribution in [0.25, 0.3) is 0 Å². The minimum atomic E-state index is -0.289. The number of aryl methyl sites for hydroxylation is 1. The molecule has 2 rings (SSSR count). The van der Waals surface area contributed by atoms with Crippen molar-refractivity contribution in [3.05, 3.63) is 34.3 Å². The molecule has 1 aliphatic heterocycles. The van der Waals surface area contributed by atoms with E-state index < -0.39 is 0 Å². The fourth-order valence-corrected chi connectivity index (χ4v) is 2.35. The van der Waals surface area contributed by atoms with Gasteiger partial charge in [0, 0.05) is 24.7 Å². The summed E-state index contributed by atoms with van der Waals surface area (Å²) >= 11 is 6.22. The first kappa shape index (κ1) is 13.3. The molecule has 4 nitrogen and oxygen atoms in total. The Morgan fingerprint density at radius 2 is 2.39 bits per heavy atom. The number of amidine groups is 1. The van der Waals surface area contributed by atoms with Gasteiger partial charge in [-0.05, 0) is 24.1 Å². The minimum absolute atomic E-state index is 0.0923. The predicted octanol–water partition coefficient (Wildman–Crippen LogP) is 1.79. The topological polar surface area (TPSA) is 62.3 Å². The van der Waals surface area contributed by atoms with Crippen molar-refractivity contribution in [3.63, 3.8) is 0 Å². The minimum Gasteiger partial charge on any atom is -0.385 e. The van der Waals surface area contributed by atoms with E-state index in [2.05, 4.69) is 17.0 Å². The highest BCUT2D eigenvalue weighted by molar-refractivity contribution is 6.31. The van der Waals surface area contributed by atoms with Crippen LogP contribution in [0.3, 0.4) is 0 Å². The largest absolute Gasteiger partial charge is 0.385 e. The second-order valence-corrected chi connectivity index (χ2v) is 5.05. The Kier molecular flexibility index (Phi) is 4.22. The van der Waals surface area contributed by atoms with Gasteiger partial charge in [-0.25, -0.2) is 0 Å². The highest BCUT2D eigenvalue weighted by Gasteiger charge is 2.22. The van der Waals surface area contributed by atoms with Gasteiger partial charge in [-0.3, -0.25) is 10.3 Å². The first-order valence-corrected chi connectivity index (χ1v) is 6.37. The van der Waals surface area contributed by atoms with E-state index in [1.54, 1.807) is 0 Å². The number of nitrogens with zero attached hydrogens (tertiary/aromatic N) is 1. The smallest absolute Gasteiger partial charge is 0.127 e. The van der Waals surface area contributed by atoms with E-state index in [0.717, 1.165) is 29.2 Å². The first-order valence-electron chi connectivity index (χ1n) is 5.99. The molecule has 1 aromatic carbocycles. The molecule has 18 heavy (non-hydrogen) atoms. The molecule has 0 saturated carbocycles. The van der Waals surface area contributed by atoms with Gasteiger partial charge in [0.1, 0.15) is 11.9 Å². The number of nitrogens with two attached hydrogens (primary N) is 1. The number of halogens is 1. The number of benzene rings is 1. The molecule has 0 radical (unpaired) electrons. The van der Waals surface area contributed by atoms with Crippen molar-refractivity contribution in [2.75, 3.05) is 19.7 Å². The maximum atomic E-state index is 7.43. The Hall–Kier alpha value is -1.10. The third-order valence-electron chi connectivity index (χ3n) is 3.10. The second kappa shape index (κ2) is 5.69. The van der Waals surface area contributed by atoms with Crippen LogP contribution in [0.1, 0.15) is 11.1 Å². The molecule has 0 spiro atoms. The van der Waals surface area contributed by atoms with Crippen molar-refractivity contribution in [3.8, 4) is 0 Å². The zero-order chi connectivity index (χ0) is 13.1. The lowest BCUT2D eigenvalue weighted by molar-refractivity contribution is 0.00237. The molecule has 1 atom stereocenters. The number of morpholine rings is 1. The van der Waals surface area contributed by atoms with E-state index in [1.807, 2.05) is 13.0 Å². The predicted molar refractivity (Wildman–Crippen MR) is 73.1 cm³/mol. The van der Waals surface area contributed by atoms with E-state index in [1.165, 1.54) is 0 Å². The molecular formula is C13H18ClN3O. The molecule has 1 fully saturated rings. The lowest BCUT2D eigenvalue weighted by Gasteiger charge is -2.32. The van der Waals surface area contributed by atoms with Crippen molar-refractivity contribution in [1.29, 1.82) is 5.41 Å². The Morgan fingerprint density at radius 1 is 1.61 bits per heavy atom. The van der Waals surface area contributed by atoms with Gasteiger partial charge in [-0.2, -0.15) is 0 Å². The average molecular weight is 268 g/mol. The SMILES string of the molecule is Cc1ccc(CN2CCOC(C(=N)N)C2)c(Cl)c1. The molecule has 1 unspecified atom stereocenters. The van der Waals surface area contributed by atoms with Gasteiger partial charge < -0.3 is 10.5 Å². The van der Waals surface area contributed by atoms with Crippen LogP contribution in [-0.2, 0) is 11.3 Å². The number of hydrogen-bond donors (Lipinski definition) is 2. The zero-order valence-corrected chi connectivity index (χ0v) is 11.2. The van der Waals surface area contributed by atoms with E-state index in [-0.39, 0.29) is 11.9 Å². The molecule has 1 aliphatic rings. The Morgan fingerprint density at radius 3 is 3.06 bits per heavy atom. The summed E-state index contributed by atoms with van der Waals surface area (Å²) in [4.78, 5) is 2.21. The zero-order valence-electron chi connectivity index (χ0n) is 10.4. The Balaban J connectivity index is 2.02. The molecule has 1 heterocycles. The van der Waals surface area contributed by atoms with Gasteiger partial charge in [0.2, 0.25) is 0 Å². The van der Waals surface area contributed by atoms with E-state index in [4.69, 9.17) is 27.5 Å². The van der Waals surface area contributed by atoms with Crippen molar-refractivity contribution >= 4 is 17.4 Å². The number of rotatable bonds is 3. The summed E-state index contributed by atoms with van der Waals surface area (Å²) in [6.07, 6.45) is -0.289. The molecular weight excluding hydrogens is 250 g/mol. The highest BCUT2D eigenvalue weighted by atomic mass is 35.5. The van der Waals surface area contributed by atoms with Gasteiger partial charge in [-0.15, -0.1) is 0 Å². The monoisotopic (exact) mass is 267 g/mol. The molecule has 0 aliphatic carbocycles. The second-order valence-electron chi connectivity index (χ2n) is 4.64. The third-order valence-corrected chi connectivity index (χ3v) is 3.45. The molecule has 5 heteroatoms. The van der Waals surface area contributed by atoms with Crippen molar-refractivity contribution in [2.45, 2.75) is 19.6 Å². The van der Waals surface area contributed by atoms with Crippen LogP contribution in [0.4, 0.5) is 0 Å². The maximum absolute atomic E-state index is 7.43. The van der Waals surface area contributed by atoms with Gasteiger partial charge in [0.05, 0.1) is 6.61 Å². The molecule has 0 amide bonds. The molecule has 3 N–H and O–H groups in total. The maximum Gasteiger partial charge on any atom is 0.127 e. The molecule has 0 aromatic heterocycles. The number of nitrogens with one attached hydrogen (secondary N) is 1. The summed E-state index contributed by atoms with van der Waals surface area (Å²) in [7, 11) is 0. The normalized spacial score (nSPS) is 20.9. The fraction of sp³-hybridized carbons (Fsp3) is 0.462. The summed E-state index contributed by atoms with van der Waals surface area (Å²) in [5, 5.41) is 8.22. The average Bonchev–Trinajstić information content (AvgIpc) is 2.33. The quantitative estimate of drug-likeness (QED) is 0.648. The van der Waals surface area contributed by atoms with Gasteiger partial charge >= 0.3 is 0 Å². The van der Waals surface area contributed by atoms with Crippen LogP contribution in [0.15, 0.2) is 18.2 Å². The summed E-state index contributed by atoms with van der Waals surface area (Å²) in [5.41, 5.74) is 7.74. The highest BCUT2D eigenvalue weighted by Crippen LogP contribution is 2.20. The summed E-state index contributed by atoms with van der Waals surface area (Å²) in [6, 6.07) is 6.08. The van der Waals surface area contributed by atoms with Crippen LogP contribution in [0.2, 0.25) is 5.02 Å². The number of ether oxygens (including phenoxy) is 1. The van der Waals surface area contributed by atoms with E-state index in [0.29, 0.717) is 13.2 Å². The first-order chi connectivity index (χ1) is 8.56. The Bertz CT molecular complexity index is 450. The molecule has 1 saturated heterocycles. The van der Waals surface area contributed by atoms with Gasteiger partial charge in [-0.1, -0.05) is 23.7 Å². The van der Waals surface area contributed by atoms with Crippen molar-refractivity contribution in [2.24, 2.45) is 5.73 Å². The standard InChI is InChI=1S/C13H18ClN3O/c1-9-2-3-10(11(14)6-9)7-17-4-5-18-12(8-17)13(15)16/h2-3,6,12H,4-5,7-8H2,1H3,(H3,15,16). The number of hydrogen-bond acceptors (Lipinski definition) is 3. The summed E-state index contributed by atoms with van der Waals surface area (Å²) in [5.74, 6) is 0.0923. The molecule has 1 aromatic rings. The van der Waals surface area contributed by atoms with E-state index in [9.17, 15) is 0 Å². The van der Waals surface area contributed by atoms with Crippen LogP contribution < -0.4 is 5.73 Å². The third kappa shape index (κ3) is 3.22. The molecule has 98 valence electrons. The summed E-state index contributed by atoms with van der Waals surface area (Å²) < 4.78 is 5.43. The van der Waals surface area contributed by atoms with E-state index >= 15 is 0 Å². The van der Waals surface area contributed by atoms with Gasteiger partial charge in [0.15, 0.2) is 0 Å². The van der Waals surface area contributed by atoms with Crippen LogP contribution in [0, 0.1) is 12.3 Å². The Labute approximate surface area is 112 Å². The van der Waals surface area contributed by atoms with Crippen molar-refractivity contribution < 1.29 is 4.74 Å². The lowest BCUT2D eigenvalue weighted by Crippen LogP contribution is -2.47. The van der Waals surface area contributed by atoms with Crippen LogP contribution in [0.5, 0.6) is 0 Å². The van der Waals surface area contributed by atoms with Gasteiger partial charge in [0.25, 0.3) is 0 Å². The van der Waals surface area contributed by atoms with Crippen molar-refractivity contribution in [1.82, 2.24) is 4.90 Å². The van der Waals surface area contributed by atoms with Crippen LogP contribution >= 0.6 is 11.6 Å². The molecule has 0 bridgehead atoms. The fourth-order valence-electron chi connectivity index (χ4n) is 2.06. The lowest BCUT2D eigenvalue weighted by atomic mass is 10.1. The summed E-state index contributed by atoms with van der Waals surface area (Å²) in [6.45, 7) is 4.89.